The van der Waals surface area contributed by atoms with Gasteiger partial charge in [-0.25, -0.2) is 32.8 Å². The highest BCUT2D eigenvalue weighted by molar-refractivity contribution is 5.66. The predicted molar refractivity (Wildman–Crippen MR) is 112 cm³/mol. The number of carboxylic acid groups (broad SMARTS) is 1. The van der Waals surface area contributed by atoms with Crippen molar-refractivity contribution >= 4 is 5.97 Å². The summed E-state index contributed by atoms with van der Waals surface area (Å²) in [7, 11) is 0. The first kappa shape index (κ1) is 25.9. The molecule has 0 unspecified atom stereocenters. The lowest BCUT2D eigenvalue weighted by Crippen LogP contribution is -2.39. The van der Waals surface area contributed by atoms with E-state index < -0.39 is 34.9 Å². The van der Waals surface area contributed by atoms with Crippen LogP contribution in [-0.2, 0) is 16.9 Å². The summed E-state index contributed by atoms with van der Waals surface area (Å²) in [5, 5.41) is 23.3. The summed E-state index contributed by atoms with van der Waals surface area (Å²) >= 11 is 0. The molecule has 1 aromatic carbocycles. The van der Waals surface area contributed by atoms with E-state index in [2.05, 4.69) is 27.0 Å². The Labute approximate surface area is 189 Å². The van der Waals surface area contributed by atoms with E-state index in [9.17, 15) is 23.1 Å². The van der Waals surface area contributed by atoms with Gasteiger partial charge in [0.2, 0.25) is 0 Å². The second kappa shape index (κ2) is 12.0. The molecular weight excluding hydrogens is 439 g/mol. The van der Waals surface area contributed by atoms with Gasteiger partial charge >= 0.3 is 5.97 Å². The Morgan fingerprint density at radius 3 is 2.48 bits per heavy atom. The Morgan fingerprint density at radius 1 is 1.15 bits per heavy atom. The molecule has 0 saturated heterocycles. The highest BCUT2D eigenvalue weighted by Crippen LogP contribution is 2.39. The first-order chi connectivity index (χ1) is 15.7. The third kappa shape index (κ3) is 7.07. The number of aliphatic carboxylic acids is 1. The van der Waals surface area contributed by atoms with Gasteiger partial charge < -0.3 is 10.2 Å². The van der Waals surface area contributed by atoms with Crippen molar-refractivity contribution in [2.45, 2.75) is 57.6 Å². The van der Waals surface area contributed by atoms with Crippen molar-refractivity contribution < 1.29 is 28.2 Å². The summed E-state index contributed by atoms with van der Waals surface area (Å²) in [6.45, 7) is 3.31. The molecule has 2 atom stereocenters. The van der Waals surface area contributed by atoms with Crippen molar-refractivity contribution in [1.29, 1.82) is 0 Å². The number of nitrogens with zero attached hydrogens (tertiary/aromatic N) is 5. The number of hydrogen-bond donors (Lipinski definition) is 2. The largest absolute Gasteiger partial charge is 0.481 e. The lowest BCUT2D eigenvalue weighted by Gasteiger charge is -2.34. The maximum atomic E-state index is 14.4. The fourth-order valence-corrected chi connectivity index (χ4v) is 3.25. The molecule has 3 aromatic rings. The normalized spacial score (nSPS) is 13.5. The molecule has 11 heteroatoms. The van der Waals surface area contributed by atoms with E-state index in [0.29, 0.717) is 12.5 Å². The van der Waals surface area contributed by atoms with Crippen LogP contribution in [0.5, 0.6) is 0 Å². The van der Waals surface area contributed by atoms with Gasteiger partial charge in [0.25, 0.3) is 0 Å². The van der Waals surface area contributed by atoms with Gasteiger partial charge in [-0.2, -0.15) is 5.10 Å². The number of hydrogen-bond acceptors (Lipinski definition) is 6. The first-order valence-corrected chi connectivity index (χ1v) is 10.4. The minimum Gasteiger partial charge on any atom is -0.481 e. The zero-order valence-corrected chi connectivity index (χ0v) is 18.3. The third-order valence-corrected chi connectivity index (χ3v) is 5.08. The Kier molecular flexibility index (Phi) is 9.46. The molecule has 8 nitrogen and oxygen atoms in total. The van der Waals surface area contributed by atoms with Crippen molar-refractivity contribution in [3.63, 3.8) is 0 Å². The summed E-state index contributed by atoms with van der Waals surface area (Å²) in [4.78, 5) is 21.1. The van der Waals surface area contributed by atoms with Gasteiger partial charge in [0.05, 0.1) is 18.4 Å². The van der Waals surface area contributed by atoms with Crippen LogP contribution in [0, 0.1) is 17.5 Å². The summed E-state index contributed by atoms with van der Waals surface area (Å²) in [6, 6.07) is 2.80. The molecule has 2 N–H and O–H groups in total. The predicted octanol–water partition coefficient (Wildman–Crippen LogP) is 3.83. The summed E-state index contributed by atoms with van der Waals surface area (Å²) in [5.41, 5.74) is -2.25. The highest BCUT2D eigenvalue weighted by Gasteiger charge is 2.41. The molecule has 33 heavy (non-hydrogen) atoms. The van der Waals surface area contributed by atoms with Gasteiger partial charge in [0, 0.05) is 24.0 Å². The van der Waals surface area contributed by atoms with Gasteiger partial charge in [-0.15, -0.1) is 0 Å². The van der Waals surface area contributed by atoms with E-state index in [-0.39, 0.29) is 17.8 Å². The molecular formula is C22H26F3N5O3. The molecule has 0 radical (unpaired) electrons. The smallest absolute Gasteiger partial charge is 0.303 e. The topological polar surface area (TPSA) is 114 Å². The monoisotopic (exact) mass is 465 g/mol. The lowest BCUT2D eigenvalue weighted by atomic mass is 9.79. The van der Waals surface area contributed by atoms with Crippen LogP contribution >= 0.6 is 0 Å². The van der Waals surface area contributed by atoms with E-state index in [4.69, 9.17) is 5.11 Å². The van der Waals surface area contributed by atoms with Gasteiger partial charge in [0.1, 0.15) is 36.2 Å². The number of rotatable bonds is 9. The van der Waals surface area contributed by atoms with Crippen molar-refractivity contribution in [3.8, 4) is 0 Å². The number of benzene rings is 1. The number of halogens is 3. The summed E-state index contributed by atoms with van der Waals surface area (Å²) in [6.07, 6.45) is 7.94. The van der Waals surface area contributed by atoms with Crippen LogP contribution in [0.1, 0.15) is 56.7 Å². The fourth-order valence-electron chi connectivity index (χ4n) is 3.25. The quantitative estimate of drug-likeness (QED) is 0.462. The number of carboxylic acids is 1. The Bertz CT molecular complexity index is 1040. The first-order valence-electron chi connectivity index (χ1n) is 10.4. The van der Waals surface area contributed by atoms with Crippen LogP contribution in [0.4, 0.5) is 13.2 Å². The van der Waals surface area contributed by atoms with Gasteiger partial charge in [-0.05, 0) is 12.5 Å². The average Bonchev–Trinajstić information content (AvgIpc) is 3.26. The molecule has 0 fully saturated rings. The van der Waals surface area contributed by atoms with Gasteiger partial charge in [0.15, 0.2) is 5.82 Å². The van der Waals surface area contributed by atoms with E-state index in [0.717, 1.165) is 43.9 Å². The van der Waals surface area contributed by atoms with Gasteiger partial charge in [-0.1, -0.05) is 32.8 Å². The number of unbranched alkanes of at least 4 members (excludes halogenated alkanes) is 2. The van der Waals surface area contributed by atoms with E-state index in [1.165, 1.54) is 24.3 Å². The van der Waals surface area contributed by atoms with E-state index >= 15 is 0 Å². The van der Waals surface area contributed by atoms with Crippen molar-refractivity contribution in [2.75, 3.05) is 0 Å². The molecule has 0 saturated carbocycles. The van der Waals surface area contributed by atoms with E-state index in [1.807, 2.05) is 0 Å². The molecule has 2 aromatic heterocycles. The van der Waals surface area contributed by atoms with Crippen LogP contribution in [0.3, 0.4) is 0 Å². The van der Waals surface area contributed by atoms with Crippen LogP contribution < -0.4 is 0 Å². The summed E-state index contributed by atoms with van der Waals surface area (Å²) < 4.78 is 43.0. The maximum Gasteiger partial charge on any atom is 0.303 e. The molecule has 0 bridgehead atoms. The minimum atomic E-state index is -1.96. The van der Waals surface area contributed by atoms with Gasteiger partial charge in [-0.3, -0.25) is 4.79 Å². The summed E-state index contributed by atoms with van der Waals surface area (Å²) in [5.74, 6) is -4.15. The number of aliphatic hydroxyl groups is 1. The van der Waals surface area contributed by atoms with Crippen LogP contribution in [0.25, 0.3) is 0 Å². The molecule has 0 spiro atoms. The SMILES string of the molecule is CCCCCC(=O)O.C[C@@H](c1ncncc1F)[C@](O)(Cn1cncn1)c1ccc(F)cc1F. The third-order valence-electron chi connectivity index (χ3n) is 5.08. The maximum absolute atomic E-state index is 14.4. The van der Waals surface area contributed by atoms with Crippen molar-refractivity contribution in [1.82, 2.24) is 24.7 Å². The Balaban J connectivity index is 0.000000414. The van der Waals surface area contributed by atoms with E-state index in [1.54, 1.807) is 0 Å². The van der Waals surface area contributed by atoms with Crippen LogP contribution in [0.2, 0.25) is 0 Å². The fraction of sp³-hybridized carbons (Fsp3) is 0.409. The van der Waals surface area contributed by atoms with Crippen molar-refractivity contribution in [2.24, 2.45) is 0 Å². The van der Waals surface area contributed by atoms with Crippen LogP contribution in [-0.4, -0.2) is 40.9 Å². The molecule has 2 heterocycles. The second-order valence-corrected chi connectivity index (χ2v) is 7.47. The Morgan fingerprint density at radius 2 is 1.91 bits per heavy atom. The molecule has 3 rings (SSSR count). The minimum absolute atomic E-state index is 0.0960. The second-order valence-electron chi connectivity index (χ2n) is 7.47. The standard InChI is InChI=1S/C16H14F3N5O.C6H12O2/c1-10(15-14(19)5-20-7-22-15)16(25,6-24-9-21-8-23-24)12-3-2-11(17)4-13(12)18;1-2-3-4-5-6(7)8/h2-5,7-10,25H,6H2,1H3;2-5H2,1H3,(H,7,8)/t10-,16+;/m0./s1. The number of carbonyl (C=O) groups is 1. The average molecular weight is 465 g/mol. The van der Waals surface area contributed by atoms with Crippen LogP contribution in [0.15, 0.2) is 43.4 Å². The highest BCUT2D eigenvalue weighted by atomic mass is 19.1. The van der Waals surface area contributed by atoms with Crippen molar-refractivity contribution in [3.05, 3.63) is 72.1 Å². The number of aromatic nitrogens is 5. The molecule has 178 valence electrons. The lowest BCUT2D eigenvalue weighted by molar-refractivity contribution is -0.137. The zero-order valence-electron chi connectivity index (χ0n) is 18.3. The Hall–Kier alpha value is -3.34. The molecule has 0 aliphatic carbocycles. The molecule has 0 aliphatic rings. The molecule has 0 aliphatic heterocycles. The molecule has 0 amide bonds. The zero-order chi connectivity index (χ0) is 24.4.